The first kappa shape index (κ1) is 18.8. The summed E-state index contributed by atoms with van der Waals surface area (Å²) in [5.41, 5.74) is -0.0609. The molecule has 0 saturated carbocycles. The maximum absolute atomic E-state index is 12.5. The summed E-state index contributed by atoms with van der Waals surface area (Å²) in [7, 11) is 0. The first-order valence-electron chi connectivity index (χ1n) is 7.33. The Morgan fingerprint density at radius 1 is 1.00 bits per heavy atom. The highest BCUT2D eigenvalue weighted by atomic mass is 35.5. The van der Waals surface area contributed by atoms with Crippen molar-refractivity contribution < 1.29 is 9.59 Å². The Kier molecular flexibility index (Phi) is 5.68. The number of nitriles is 1. The molecule has 2 amide bonds. The van der Waals surface area contributed by atoms with Gasteiger partial charge in [-0.15, -0.1) is 0 Å². The van der Waals surface area contributed by atoms with Gasteiger partial charge in [-0.05, 0) is 50.2 Å². The van der Waals surface area contributed by atoms with Gasteiger partial charge in [0.1, 0.15) is 5.41 Å². The van der Waals surface area contributed by atoms with Gasteiger partial charge in [-0.3, -0.25) is 9.59 Å². The number of anilines is 2. The Bertz CT molecular complexity index is 856. The second-order valence-electron chi connectivity index (χ2n) is 5.82. The lowest BCUT2D eigenvalue weighted by Gasteiger charge is -2.23. The molecule has 0 radical (unpaired) electrons. The van der Waals surface area contributed by atoms with Crippen LogP contribution >= 0.6 is 23.2 Å². The standard InChI is InChI=1S/C18H15Cl2N3O2/c1-18(2,16(24)22-12-8-6-11(10-21)7-9-12)17(25)23-14-5-3-4-13(19)15(14)20/h3-9H,1-2H3,(H,22,24)(H,23,25). The van der Waals surface area contributed by atoms with Crippen LogP contribution in [-0.2, 0) is 9.59 Å². The molecule has 0 aliphatic carbocycles. The molecule has 5 nitrogen and oxygen atoms in total. The smallest absolute Gasteiger partial charge is 0.239 e. The number of rotatable bonds is 4. The molecule has 0 spiro atoms. The highest BCUT2D eigenvalue weighted by molar-refractivity contribution is 6.44. The summed E-state index contributed by atoms with van der Waals surface area (Å²) < 4.78 is 0. The molecule has 0 aromatic heterocycles. The highest BCUT2D eigenvalue weighted by Gasteiger charge is 2.36. The minimum absolute atomic E-state index is 0.209. The van der Waals surface area contributed by atoms with Gasteiger partial charge < -0.3 is 10.6 Å². The zero-order chi connectivity index (χ0) is 18.6. The number of carbonyl (C=O) groups excluding carboxylic acids is 2. The molecule has 2 aromatic carbocycles. The summed E-state index contributed by atoms with van der Waals surface area (Å²) >= 11 is 12.0. The Hall–Kier alpha value is -2.55. The van der Waals surface area contributed by atoms with E-state index in [-0.39, 0.29) is 5.02 Å². The first-order chi connectivity index (χ1) is 11.8. The lowest BCUT2D eigenvalue weighted by atomic mass is 9.90. The number of nitrogens with zero attached hydrogens (tertiary/aromatic N) is 1. The Morgan fingerprint density at radius 2 is 1.60 bits per heavy atom. The van der Waals surface area contributed by atoms with Gasteiger partial charge in [0.05, 0.1) is 27.4 Å². The number of hydrogen-bond donors (Lipinski definition) is 2. The highest BCUT2D eigenvalue weighted by Crippen LogP contribution is 2.31. The molecule has 0 fully saturated rings. The van der Waals surface area contributed by atoms with Crippen molar-refractivity contribution in [1.82, 2.24) is 0 Å². The van der Waals surface area contributed by atoms with Crippen LogP contribution in [0, 0.1) is 16.7 Å². The lowest BCUT2D eigenvalue weighted by molar-refractivity contribution is -0.135. The van der Waals surface area contributed by atoms with Crippen LogP contribution in [0.4, 0.5) is 11.4 Å². The van der Waals surface area contributed by atoms with Crippen molar-refractivity contribution in [3.63, 3.8) is 0 Å². The summed E-state index contributed by atoms with van der Waals surface area (Å²) in [4.78, 5) is 25.0. The van der Waals surface area contributed by atoms with Crippen LogP contribution in [0.15, 0.2) is 42.5 Å². The van der Waals surface area contributed by atoms with Crippen molar-refractivity contribution in [2.75, 3.05) is 10.6 Å². The van der Waals surface area contributed by atoms with Crippen molar-refractivity contribution >= 4 is 46.4 Å². The molecule has 7 heteroatoms. The fourth-order valence-electron chi connectivity index (χ4n) is 1.90. The van der Waals surface area contributed by atoms with E-state index in [1.54, 1.807) is 42.5 Å². The van der Waals surface area contributed by atoms with Crippen molar-refractivity contribution in [3.8, 4) is 6.07 Å². The van der Waals surface area contributed by atoms with Crippen molar-refractivity contribution in [1.29, 1.82) is 5.26 Å². The largest absolute Gasteiger partial charge is 0.325 e. The van der Waals surface area contributed by atoms with E-state index in [1.807, 2.05) is 6.07 Å². The Labute approximate surface area is 155 Å². The maximum atomic E-state index is 12.5. The zero-order valence-corrected chi connectivity index (χ0v) is 15.1. The Balaban J connectivity index is 2.12. The molecule has 128 valence electrons. The molecule has 0 aliphatic heterocycles. The summed E-state index contributed by atoms with van der Waals surface area (Å²) in [5, 5.41) is 14.6. The van der Waals surface area contributed by atoms with E-state index in [9.17, 15) is 9.59 Å². The second-order valence-corrected chi connectivity index (χ2v) is 6.61. The van der Waals surface area contributed by atoms with E-state index in [1.165, 1.54) is 13.8 Å². The minimum atomic E-state index is -1.36. The predicted molar refractivity (Wildman–Crippen MR) is 98.7 cm³/mol. The van der Waals surface area contributed by atoms with Crippen LogP contribution in [0.25, 0.3) is 0 Å². The fourth-order valence-corrected chi connectivity index (χ4v) is 2.25. The zero-order valence-electron chi connectivity index (χ0n) is 13.6. The molecule has 2 N–H and O–H groups in total. The third-order valence-corrected chi connectivity index (χ3v) is 4.43. The monoisotopic (exact) mass is 375 g/mol. The van der Waals surface area contributed by atoms with Gasteiger partial charge in [0, 0.05) is 5.69 Å². The van der Waals surface area contributed by atoms with Crippen LogP contribution in [0.1, 0.15) is 19.4 Å². The summed E-state index contributed by atoms with van der Waals surface area (Å²) in [6.07, 6.45) is 0. The number of benzene rings is 2. The van der Waals surface area contributed by atoms with Crippen LogP contribution in [0.2, 0.25) is 10.0 Å². The molecule has 0 heterocycles. The molecule has 0 atom stereocenters. The normalized spacial score (nSPS) is 10.7. The van der Waals surface area contributed by atoms with Gasteiger partial charge in [-0.1, -0.05) is 29.3 Å². The third kappa shape index (κ3) is 4.30. The Morgan fingerprint density at radius 3 is 2.20 bits per heavy atom. The van der Waals surface area contributed by atoms with E-state index < -0.39 is 17.2 Å². The number of nitrogens with one attached hydrogen (secondary N) is 2. The molecule has 25 heavy (non-hydrogen) atoms. The van der Waals surface area contributed by atoms with Crippen molar-refractivity contribution in [3.05, 3.63) is 58.1 Å². The average molecular weight is 376 g/mol. The fraction of sp³-hybridized carbons (Fsp3) is 0.167. The first-order valence-corrected chi connectivity index (χ1v) is 8.08. The van der Waals surface area contributed by atoms with Gasteiger partial charge in [0.2, 0.25) is 11.8 Å². The van der Waals surface area contributed by atoms with Crippen LogP contribution in [0.3, 0.4) is 0 Å². The summed E-state index contributed by atoms with van der Waals surface area (Å²) in [6, 6.07) is 13.2. The molecular formula is C18H15Cl2N3O2. The van der Waals surface area contributed by atoms with Gasteiger partial charge in [0.25, 0.3) is 0 Å². The van der Waals surface area contributed by atoms with Crippen LogP contribution in [0.5, 0.6) is 0 Å². The number of carbonyl (C=O) groups is 2. The average Bonchev–Trinajstić information content (AvgIpc) is 2.59. The van der Waals surface area contributed by atoms with E-state index in [2.05, 4.69) is 10.6 Å². The molecule has 0 aliphatic rings. The van der Waals surface area contributed by atoms with Gasteiger partial charge >= 0.3 is 0 Å². The van der Waals surface area contributed by atoms with E-state index in [0.29, 0.717) is 22.0 Å². The van der Waals surface area contributed by atoms with Gasteiger partial charge in [-0.2, -0.15) is 5.26 Å². The third-order valence-electron chi connectivity index (χ3n) is 3.61. The van der Waals surface area contributed by atoms with Gasteiger partial charge in [-0.25, -0.2) is 0 Å². The molecule has 0 saturated heterocycles. The molecule has 0 bridgehead atoms. The van der Waals surface area contributed by atoms with E-state index in [4.69, 9.17) is 28.5 Å². The summed E-state index contributed by atoms with van der Waals surface area (Å²) in [6.45, 7) is 3.00. The van der Waals surface area contributed by atoms with Gasteiger partial charge in [0.15, 0.2) is 0 Å². The SMILES string of the molecule is CC(C)(C(=O)Nc1ccc(C#N)cc1)C(=O)Nc1cccc(Cl)c1Cl. The van der Waals surface area contributed by atoms with Crippen molar-refractivity contribution in [2.24, 2.45) is 5.41 Å². The molecule has 2 aromatic rings. The van der Waals surface area contributed by atoms with E-state index >= 15 is 0 Å². The molecular weight excluding hydrogens is 361 g/mol. The van der Waals surface area contributed by atoms with Crippen LogP contribution in [-0.4, -0.2) is 11.8 Å². The minimum Gasteiger partial charge on any atom is -0.325 e. The number of halogens is 2. The second kappa shape index (κ2) is 7.56. The number of hydrogen-bond acceptors (Lipinski definition) is 3. The maximum Gasteiger partial charge on any atom is 0.239 e. The van der Waals surface area contributed by atoms with Crippen LogP contribution < -0.4 is 10.6 Å². The number of amides is 2. The lowest BCUT2D eigenvalue weighted by Crippen LogP contribution is -2.41. The predicted octanol–water partition coefficient (Wildman–Crippen LogP) is 4.47. The topological polar surface area (TPSA) is 82.0 Å². The van der Waals surface area contributed by atoms with Crippen molar-refractivity contribution in [2.45, 2.75) is 13.8 Å². The quantitative estimate of drug-likeness (QED) is 0.773. The summed E-state index contributed by atoms with van der Waals surface area (Å²) in [5.74, 6) is -1.02. The van der Waals surface area contributed by atoms with E-state index in [0.717, 1.165) is 0 Å². The molecule has 2 rings (SSSR count). The molecule has 0 unspecified atom stereocenters.